The van der Waals surface area contributed by atoms with Gasteiger partial charge in [-0.05, 0) is 30.7 Å². The minimum absolute atomic E-state index is 0.0208. The Labute approximate surface area is 109 Å². The molecular weight excluding hydrogens is 248 g/mol. The molecule has 3 rings (SSSR count). The number of phenols is 1. The van der Waals surface area contributed by atoms with E-state index in [1.165, 1.54) is 24.6 Å². The number of phenolic OH excluding ortho intramolecular Hbond substituents is 1. The van der Waals surface area contributed by atoms with E-state index in [1.54, 1.807) is 0 Å². The molecule has 2 N–H and O–H groups in total. The van der Waals surface area contributed by atoms with Crippen molar-refractivity contribution >= 4 is 17.3 Å². The van der Waals surface area contributed by atoms with Gasteiger partial charge in [-0.1, -0.05) is 6.42 Å². The number of nitrogens with one attached hydrogen (secondary N) is 1. The van der Waals surface area contributed by atoms with Gasteiger partial charge in [0.05, 0.1) is 10.6 Å². The van der Waals surface area contributed by atoms with Gasteiger partial charge in [-0.25, -0.2) is 0 Å². The van der Waals surface area contributed by atoms with Crippen LogP contribution in [0.1, 0.15) is 19.3 Å². The van der Waals surface area contributed by atoms with E-state index in [1.807, 2.05) is 0 Å². The third-order valence-corrected chi connectivity index (χ3v) is 4.16. The second kappa shape index (κ2) is 4.22. The molecule has 0 heterocycles. The molecule has 6 heteroatoms. The van der Waals surface area contributed by atoms with E-state index in [2.05, 4.69) is 5.32 Å². The Bertz CT molecular complexity index is 548. The van der Waals surface area contributed by atoms with Crippen LogP contribution < -0.4 is 5.32 Å². The van der Waals surface area contributed by atoms with Crippen molar-refractivity contribution < 1.29 is 14.8 Å². The third kappa shape index (κ3) is 2.03. The molecule has 1 amide bonds. The van der Waals surface area contributed by atoms with Gasteiger partial charge >= 0.3 is 0 Å². The predicted octanol–water partition coefficient (Wildman–Crippen LogP) is 2.29. The summed E-state index contributed by atoms with van der Waals surface area (Å²) < 4.78 is 0. The number of rotatable bonds is 3. The number of fused-ring (bicyclic) bond motifs is 1. The maximum atomic E-state index is 12.0. The van der Waals surface area contributed by atoms with Crippen LogP contribution in [0.25, 0.3) is 0 Å². The molecule has 2 atom stereocenters. The zero-order valence-corrected chi connectivity index (χ0v) is 10.2. The molecule has 0 aliphatic heterocycles. The van der Waals surface area contributed by atoms with Crippen LogP contribution in [0.5, 0.6) is 5.75 Å². The van der Waals surface area contributed by atoms with Gasteiger partial charge in [0, 0.05) is 18.1 Å². The fourth-order valence-corrected chi connectivity index (χ4v) is 3.16. The SMILES string of the molecule is O=C(Nc1cc([N+](=O)[O-])ccc1O)C1C2CCCC21. The highest BCUT2D eigenvalue weighted by Crippen LogP contribution is 2.57. The smallest absolute Gasteiger partial charge is 0.271 e. The van der Waals surface area contributed by atoms with E-state index < -0.39 is 4.92 Å². The molecule has 0 spiro atoms. The van der Waals surface area contributed by atoms with Gasteiger partial charge in [0.2, 0.25) is 5.91 Å². The van der Waals surface area contributed by atoms with Crippen LogP contribution in [-0.2, 0) is 4.79 Å². The molecule has 2 fully saturated rings. The Hall–Kier alpha value is -2.11. The monoisotopic (exact) mass is 262 g/mol. The van der Waals surface area contributed by atoms with Crippen molar-refractivity contribution in [2.45, 2.75) is 19.3 Å². The summed E-state index contributed by atoms with van der Waals surface area (Å²) in [6.07, 6.45) is 3.36. The summed E-state index contributed by atoms with van der Waals surface area (Å²) in [5.74, 6) is 0.685. The molecule has 6 nitrogen and oxygen atoms in total. The number of aromatic hydroxyl groups is 1. The van der Waals surface area contributed by atoms with Crippen molar-refractivity contribution in [2.24, 2.45) is 17.8 Å². The molecule has 2 aliphatic carbocycles. The number of carbonyl (C=O) groups excluding carboxylic acids is 1. The first-order valence-corrected chi connectivity index (χ1v) is 6.36. The minimum Gasteiger partial charge on any atom is -0.506 e. The van der Waals surface area contributed by atoms with Gasteiger partial charge in [-0.3, -0.25) is 14.9 Å². The molecule has 0 radical (unpaired) electrons. The van der Waals surface area contributed by atoms with E-state index in [-0.39, 0.29) is 28.9 Å². The molecule has 0 bridgehead atoms. The van der Waals surface area contributed by atoms with E-state index in [0.29, 0.717) is 11.8 Å². The van der Waals surface area contributed by atoms with E-state index in [4.69, 9.17) is 0 Å². The Balaban J connectivity index is 1.74. The Morgan fingerprint density at radius 2 is 2.05 bits per heavy atom. The van der Waals surface area contributed by atoms with Crippen molar-refractivity contribution in [2.75, 3.05) is 5.32 Å². The largest absolute Gasteiger partial charge is 0.506 e. The highest BCUT2D eigenvalue weighted by Gasteiger charge is 2.56. The summed E-state index contributed by atoms with van der Waals surface area (Å²) in [6, 6.07) is 3.61. The molecule has 2 unspecified atom stereocenters. The second-order valence-corrected chi connectivity index (χ2v) is 5.23. The van der Waals surface area contributed by atoms with Gasteiger partial charge in [-0.2, -0.15) is 0 Å². The lowest BCUT2D eigenvalue weighted by molar-refractivity contribution is -0.384. The van der Waals surface area contributed by atoms with Gasteiger partial charge in [0.1, 0.15) is 5.75 Å². The normalized spacial score (nSPS) is 27.7. The average Bonchev–Trinajstić information content (AvgIpc) is 2.86. The van der Waals surface area contributed by atoms with Crippen LogP contribution in [0.2, 0.25) is 0 Å². The number of nitrogens with zero attached hydrogens (tertiary/aromatic N) is 1. The number of amides is 1. The first kappa shape index (κ1) is 12.0. The van der Waals surface area contributed by atoms with Crippen LogP contribution in [-0.4, -0.2) is 15.9 Å². The van der Waals surface area contributed by atoms with Crippen molar-refractivity contribution in [1.29, 1.82) is 0 Å². The molecule has 2 saturated carbocycles. The fraction of sp³-hybridized carbons (Fsp3) is 0.462. The maximum Gasteiger partial charge on any atom is 0.271 e. The van der Waals surface area contributed by atoms with Crippen molar-refractivity contribution in [3.8, 4) is 5.75 Å². The molecule has 1 aromatic rings. The molecule has 19 heavy (non-hydrogen) atoms. The molecule has 0 saturated heterocycles. The number of nitro groups is 1. The van der Waals surface area contributed by atoms with Crippen LogP contribution in [0, 0.1) is 27.9 Å². The molecule has 2 aliphatic rings. The first-order valence-electron chi connectivity index (χ1n) is 6.36. The van der Waals surface area contributed by atoms with Gasteiger partial charge in [0.15, 0.2) is 0 Å². The summed E-state index contributed by atoms with van der Waals surface area (Å²) in [5.41, 5.74) is -0.0340. The summed E-state index contributed by atoms with van der Waals surface area (Å²) in [4.78, 5) is 22.1. The first-order chi connectivity index (χ1) is 9.08. The summed E-state index contributed by atoms with van der Waals surface area (Å²) >= 11 is 0. The zero-order chi connectivity index (χ0) is 13.6. The Morgan fingerprint density at radius 1 is 1.37 bits per heavy atom. The summed E-state index contributed by atoms with van der Waals surface area (Å²) in [6.45, 7) is 0. The highest BCUT2D eigenvalue weighted by atomic mass is 16.6. The van der Waals surface area contributed by atoms with Crippen molar-refractivity contribution in [1.82, 2.24) is 0 Å². The van der Waals surface area contributed by atoms with Crippen LogP contribution in [0.4, 0.5) is 11.4 Å². The zero-order valence-electron chi connectivity index (χ0n) is 10.2. The third-order valence-electron chi connectivity index (χ3n) is 4.16. The highest BCUT2D eigenvalue weighted by molar-refractivity contribution is 5.96. The predicted molar refractivity (Wildman–Crippen MR) is 67.7 cm³/mol. The van der Waals surface area contributed by atoms with Gasteiger partial charge in [0.25, 0.3) is 5.69 Å². The lowest BCUT2D eigenvalue weighted by atomic mass is 10.1. The maximum absolute atomic E-state index is 12.0. The van der Waals surface area contributed by atoms with E-state index in [9.17, 15) is 20.0 Å². The number of anilines is 1. The number of hydrogen-bond acceptors (Lipinski definition) is 4. The van der Waals surface area contributed by atoms with Crippen LogP contribution >= 0.6 is 0 Å². The fourth-order valence-electron chi connectivity index (χ4n) is 3.16. The standard InChI is InChI=1S/C13H14N2O4/c16-11-5-4-7(15(18)19)6-10(11)14-13(17)12-8-2-1-3-9(8)12/h4-6,8-9,12,16H,1-3H2,(H,14,17). The van der Waals surface area contributed by atoms with Gasteiger partial charge < -0.3 is 10.4 Å². The van der Waals surface area contributed by atoms with Crippen molar-refractivity contribution in [3.63, 3.8) is 0 Å². The van der Waals surface area contributed by atoms with Crippen molar-refractivity contribution in [3.05, 3.63) is 28.3 Å². The number of carbonyl (C=O) groups is 1. The lowest BCUT2D eigenvalue weighted by Crippen LogP contribution is -2.16. The quantitative estimate of drug-likeness (QED) is 0.496. The summed E-state index contributed by atoms with van der Waals surface area (Å²) in [7, 11) is 0. The second-order valence-electron chi connectivity index (χ2n) is 5.23. The molecule has 100 valence electrons. The van der Waals surface area contributed by atoms with E-state index >= 15 is 0 Å². The lowest BCUT2D eigenvalue weighted by Gasteiger charge is -2.08. The number of benzene rings is 1. The topological polar surface area (TPSA) is 92.5 Å². The Kier molecular flexibility index (Phi) is 2.66. The molecule has 0 aromatic heterocycles. The number of nitro benzene ring substituents is 1. The van der Waals surface area contributed by atoms with E-state index in [0.717, 1.165) is 12.8 Å². The number of hydrogen-bond donors (Lipinski definition) is 2. The average molecular weight is 262 g/mol. The Morgan fingerprint density at radius 3 is 2.68 bits per heavy atom. The molecule has 1 aromatic carbocycles. The van der Waals surface area contributed by atoms with Crippen LogP contribution in [0.15, 0.2) is 18.2 Å². The minimum atomic E-state index is -0.555. The van der Waals surface area contributed by atoms with Crippen LogP contribution in [0.3, 0.4) is 0 Å². The number of non-ortho nitro benzene ring substituents is 1. The summed E-state index contributed by atoms with van der Waals surface area (Å²) in [5, 5.41) is 22.9. The van der Waals surface area contributed by atoms with Gasteiger partial charge in [-0.15, -0.1) is 0 Å². The molecular formula is C13H14N2O4.